The molecule has 1 aliphatic rings. The lowest BCUT2D eigenvalue weighted by molar-refractivity contribution is -0.116. The van der Waals surface area contributed by atoms with Gasteiger partial charge >= 0.3 is 0 Å². The van der Waals surface area contributed by atoms with Gasteiger partial charge in [-0.2, -0.15) is 0 Å². The number of para-hydroxylation sites is 1. The molecule has 30 heavy (non-hydrogen) atoms. The van der Waals surface area contributed by atoms with Crippen LogP contribution in [0.4, 0.5) is 10.1 Å². The summed E-state index contributed by atoms with van der Waals surface area (Å²) in [5.74, 6) is -1.38. The van der Waals surface area contributed by atoms with Crippen LogP contribution in [0.25, 0.3) is 11.0 Å². The summed E-state index contributed by atoms with van der Waals surface area (Å²) in [7, 11) is 0. The minimum Gasteiger partial charge on any atom is -0.338 e. The lowest BCUT2D eigenvalue weighted by Gasteiger charge is -2.17. The van der Waals surface area contributed by atoms with Crippen molar-refractivity contribution in [2.75, 3.05) is 18.4 Å². The van der Waals surface area contributed by atoms with E-state index in [1.807, 2.05) is 0 Å². The molecule has 3 aromatic rings. The molecule has 4 rings (SSSR count). The normalized spacial score (nSPS) is 13.6. The topological polar surface area (TPSA) is 84.3 Å². The number of anilines is 1. The highest BCUT2D eigenvalue weighted by atomic mass is 19.1. The zero-order valence-electron chi connectivity index (χ0n) is 16.5. The van der Waals surface area contributed by atoms with E-state index in [-0.39, 0.29) is 29.1 Å². The first kappa shape index (κ1) is 19.8. The van der Waals surface area contributed by atoms with Crippen LogP contribution in [0.5, 0.6) is 0 Å². The zero-order valence-corrected chi connectivity index (χ0v) is 16.5. The molecular formula is C22H21FN4O3. The molecule has 0 radical (unpaired) electrons. The van der Waals surface area contributed by atoms with Crippen molar-refractivity contribution < 1.29 is 14.0 Å². The van der Waals surface area contributed by atoms with Crippen molar-refractivity contribution in [2.45, 2.75) is 26.3 Å². The summed E-state index contributed by atoms with van der Waals surface area (Å²) < 4.78 is 15.3. The second kappa shape index (κ2) is 8.06. The average molecular weight is 408 g/mol. The molecule has 1 aliphatic heterocycles. The highest BCUT2D eigenvalue weighted by Crippen LogP contribution is 2.16. The predicted molar refractivity (Wildman–Crippen MR) is 111 cm³/mol. The second-order valence-electron chi connectivity index (χ2n) is 7.35. The first-order valence-corrected chi connectivity index (χ1v) is 9.78. The Morgan fingerprint density at radius 2 is 1.87 bits per heavy atom. The fraction of sp³-hybridized carbons (Fsp3) is 0.273. The summed E-state index contributed by atoms with van der Waals surface area (Å²) in [6.07, 6.45) is 3.19. The number of carbonyl (C=O) groups is 2. The number of halogens is 1. The fourth-order valence-corrected chi connectivity index (χ4v) is 3.63. The van der Waals surface area contributed by atoms with Gasteiger partial charge in [-0.1, -0.05) is 12.1 Å². The first-order valence-electron chi connectivity index (χ1n) is 9.78. The molecule has 1 aromatic carbocycles. The average Bonchev–Trinajstić information content (AvgIpc) is 3.26. The summed E-state index contributed by atoms with van der Waals surface area (Å²) in [5, 5.41) is 2.79. The Balaban J connectivity index is 1.73. The molecule has 1 saturated heterocycles. The highest BCUT2D eigenvalue weighted by Gasteiger charge is 2.24. The van der Waals surface area contributed by atoms with Gasteiger partial charge in [0.05, 0.1) is 11.1 Å². The van der Waals surface area contributed by atoms with Gasteiger partial charge in [-0.3, -0.25) is 14.4 Å². The number of rotatable bonds is 4. The molecule has 0 aliphatic carbocycles. The van der Waals surface area contributed by atoms with Crippen molar-refractivity contribution in [1.82, 2.24) is 14.5 Å². The van der Waals surface area contributed by atoms with E-state index in [1.54, 1.807) is 30.0 Å². The van der Waals surface area contributed by atoms with Crippen LogP contribution in [0.3, 0.4) is 0 Å². The molecule has 0 unspecified atom stereocenters. The molecule has 3 heterocycles. The van der Waals surface area contributed by atoms with E-state index in [0.29, 0.717) is 24.4 Å². The molecule has 0 bridgehead atoms. The smallest absolute Gasteiger partial charge is 0.259 e. The van der Waals surface area contributed by atoms with E-state index in [4.69, 9.17) is 0 Å². The summed E-state index contributed by atoms with van der Waals surface area (Å²) in [6, 6.07) is 9.17. The van der Waals surface area contributed by atoms with Gasteiger partial charge in [0.1, 0.15) is 23.6 Å². The van der Waals surface area contributed by atoms with E-state index in [2.05, 4.69) is 10.3 Å². The highest BCUT2D eigenvalue weighted by molar-refractivity contribution is 5.97. The van der Waals surface area contributed by atoms with E-state index >= 15 is 0 Å². The minimum absolute atomic E-state index is 0.00810. The third-order valence-corrected chi connectivity index (χ3v) is 5.15. The Bertz CT molecular complexity index is 1200. The number of likely N-dealkylation sites (tertiary alicyclic amines) is 1. The van der Waals surface area contributed by atoms with Gasteiger partial charge in [-0.15, -0.1) is 0 Å². The molecule has 0 saturated carbocycles. The number of carbonyl (C=O) groups excluding carboxylic acids is 2. The van der Waals surface area contributed by atoms with Crippen LogP contribution in [-0.4, -0.2) is 39.4 Å². The molecular weight excluding hydrogens is 387 g/mol. The molecule has 1 N–H and O–H groups in total. The Morgan fingerprint density at radius 1 is 1.13 bits per heavy atom. The summed E-state index contributed by atoms with van der Waals surface area (Å²) in [4.78, 5) is 44.5. The van der Waals surface area contributed by atoms with Crippen LogP contribution >= 0.6 is 0 Å². The van der Waals surface area contributed by atoms with Crippen molar-refractivity contribution in [1.29, 1.82) is 0 Å². The third kappa shape index (κ3) is 3.80. The minimum atomic E-state index is -0.547. The fourth-order valence-electron chi connectivity index (χ4n) is 3.63. The van der Waals surface area contributed by atoms with Gasteiger partial charge in [-0.05, 0) is 44.0 Å². The van der Waals surface area contributed by atoms with Crippen molar-refractivity contribution in [3.05, 3.63) is 69.9 Å². The first-order chi connectivity index (χ1) is 14.4. The van der Waals surface area contributed by atoms with E-state index in [1.165, 1.54) is 29.0 Å². The van der Waals surface area contributed by atoms with Gasteiger partial charge < -0.3 is 14.8 Å². The molecule has 154 valence electrons. The zero-order chi connectivity index (χ0) is 21.3. The lowest BCUT2D eigenvalue weighted by atomic mass is 10.1. The Kier molecular flexibility index (Phi) is 5.31. The van der Waals surface area contributed by atoms with Crippen molar-refractivity contribution in [2.24, 2.45) is 0 Å². The van der Waals surface area contributed by atoms with Gasteiger partial charge in [0.2, 0.25) is 11.3 Å². The maximum atomic E-state index is 13.9. The van der Waals surface area contributed by atoms with Crippen LogP contribution in [0.15, 0.2) is 47.4 Å². The van der Waals surface area contributed by atoms with Crippen LogP contribution < -0.4 is 10.7 Å². The Labute approximate surface area is 172 Å². The number of benzene rings is 1. The van der Waals surface area contributed by atoms with Gasteiger partial charge in [0, 0.05) is 25.0 Å². The van der Waals surface area contributed by atoms with Crippen molar-refractivity contribution in [3.63, 3.8) is 0 Å². The van der Waals surface area contributed by atoms with Gasteiger partial charge in [-0.25, -0.2) is 9.37 Å². The number of nitrogens with zero attached hydrogens (tertiary/aromatic N) is 3. The number of hydrogen-bond acceptors (Lipinski definition) is 4. The monoisotopic (exact) mass is 408 g/mol. The van der Waals surface area contributed by atoms with Crippen LogP contribution in [0.1, 0.15) is 28.9 Å². The maximum Gasteiger partial charge on any atom is 0.259 e. The lowest BCUT2D eigenvalue weighted by Crippen LogP contribution is -2.33. The quantitative estimate of drug-likeness (QED) is 0.720. The number of fused-ring (bicyclic) bond motifs is 1. The maximum absolute atomic E-state index is 13.9. The van der Waals surface area contributed by atoms with Crippen LogP contribution in [0.2, 0.25) is 0 Å². The van der Waals surface area contributed by atoms with E-state index in [0.717, 1.165) is 12.8 Å². The number of amides is 2. The number of nitrogens with one attached hydrogen (secondary N) is 1. The number of aromatic nitrogens is 2. The van der Waals surface area contributed by atoms with Crippen molar-refractivity contribution >= 4 is 28.5 Å². The van der Waals surface area contributed by atoms with E-state index < -0.39 is 17.2 Å². The largest absolute Gasteiger partial charge is 0.338 e. The SMILES string of the molecule is Cc1ccc2c(=O)c(C(=O)N3CCCC3)cn(CC(=O)Nc3ccccc3F)c2n1. The Hall–Kier alpha value is -3.55. The molecule has 0 atom stereocenters. The van der Waals surface area contributed by atoms with Gasteiger partial charge in [0.15, 0.2) is 0 Å². The third-order valence-electron chi connectivity index (χ3n) is 5.15. The summed E-state index contributed by atoms with van der Waals surface area (Å²) in [6.45, 7) is 2.77. The van der Waals surface area contributed by atoms with Gasteiger partial charge in [0.25, 0.3) is 5.91 Å². The van der Waals surface area contributed by atoms with Crippen LogP contribution in [0, 0.1) is 12.7 Å². The Morgan fingerprint density at radius 3 is 2.60 bits per heavy atom. The molecule has 2 amide bonds. The second-order valence-corrected chi connectivity index (χ2v) is 7.35. The number of pyridine rings is 2. The molecule has 8 heteroatoms. The van der Waals surface area contributed by atoms with Crippen LogP contribution in [-0.2, 0) is 11.3 Å². The number of aryl methyl sites for hydroxylation is 1. The van der Waals surface area contributed by atoms with Crippen molar-refractivity contribution in [3.8, 4) is 0 Å². The molecule has 2 aromatic heterocycles. The molecule has 0 spiro atoms. The molecule has 7 nitrogen and oxygen atoms in total. The molecule has 1 fully saturated rings. The standard InChI is InChI=1S/C22H21FN4O3/c1-14-8-9-15-20(29)16(22(30)26-10-4-5-11-26)12-27(21(15)24-14)13-19(28)25-18-7-3-2-6-17(18)23/h2-3,6-9,12H,4-5,10-11,13H2,1H3,(H,25,28). The number of hydrogen-bond donors (Lipinski definition) is 1. The summed E-state index contributed by atoms with van der Waals surface area (Å²) in [5.41, 5.74) is 0.643. The summed E-state index contributed by atoms with van der Waals surface area (Å²) >= 11 is 0. The predicted octanol–water partition coefficient (Wildman–Crippen LogP) is 2.72. The van der Waals surface area contributed by atoms with E-state index in [9.17, 15) is 18.8 Å².